The van der Waals surface area contributed by atoms with Gasteiger partial charge in [-0.05, 0) is 53.8 Å². The van der Waals surface area contributed by atoms with E-state index in [-0.39, 0.29) is 18.7 Å². The largest absolute Gasteiger partial charge is 0.381 e. The molecule has 0 saturated carbocycles. The van der Waals surface area contributed by atoms with Crippen molar-refractivity contribution in [2.45, 2.75) is 31.5 Å². The van der Waals surface area contributed by atoms with E-state index >= 15 is 0 Å². The summed E-state index contributed by atoms with van der Waals surface area (Å²) in [5, 5.41) is 18.8. The second-order valence-corrected chi connectivity index (χ2v) is 11.1. The molecular formula is C34H33F2N7O. The Morgan fingerprint density at radius 2 is 1.32 bits per heavy atom. The average molecular weight is 594 g/mol. The van der Waals surface area contributed by atoms with Gasteiger partial charge in [0, 0.05) is 24.7 Å². The molecule has 1 fully saturated rings. The maximum Gasteiger partial charge on any atom is 0.137 e. The highest BCUT2D eigenvalue weighted by atomic mass is 19.1. The van der Waals surface area contributed by atoms with Crippen molar-refractivity contribution in [2.24, 2.45) is 0 Å². The van der Waals surface area contributed by atoms with Crippen molar-refractivity contribution < 1.29 is 13.9 Å². The summed E-state index contributed by atoms with van der Waals surface area (Å²) < 4.78 is 29.9. The lowest BCUT2D eigenvalue weighted by molar-refractivity contribution is -0.00856. The molecule has 5 aromatic rings. The summed E-state index contributed by atoms with van der Waals surface area (Å²) in [6, 6.07) is 20.6. The SMILES string of the molecule is CN1CCC(=C2c3ccccc3C=Cc3ccccc32)CC1.OC(Cn1cncn1)(Cn1cncn1)c1ccc(F)cc1F. The fourth-order valence-electron chi connectivity index (χ4n) is 5.84. The minimum Gasteiger partial charge on any atom is -0.381 e. The van der Waals surface area contributed by atoms with Crippen molar-refractivity contribution in [1.29, 1.82) is 0 Å². The molecule has 0 radical (unpaired) electrons. The van der Waals surface area contributed by atoms with Crippen LogP contribution in [0.15, 0.2) is 97.6 Å². The van der Waals surface area contributed by atoms with E-state index in [1.807, 2.05) is 0 Å². The van der Waals surface area contributed by atoms with Crippen LogP contribution in [0, 0.1) is 11.6 Å². The number of hydrogen-bond donors (Lipinski definition) is 1. The lowest BCUT2D eigenvalue weighted by atomic mass is 9.86. The van der Waals surface area contributed by atoms with Gasteiger partial charge in [0.25, 0.3) is 0 Å². The predicted octanol–water partition coefficient (Wildman–Crippen LogP) is 5.43. The minimum absolute atomic E-state index is 0.0556. The molecule has 0 bridgehead atoms. The summed E-state index contributed by atoms with van der Waals surface area (Å²) in [7, 11) is 2.22. The molecule has 3 aromatic carbocycles. The van der Waals surface area contributed by atoms with Crippen LogP contribution < -0.4 is 0 Å². The number of nitrogens with zero attached hydrogens (tertiary/aromatic N) is 7. The van der Waals surface area contributed by atoms with E-state index in [0.717, 1.165) is 25.2 Å². The molecule has 0 amide bonds. The molecule has 0 spiro atoms. The Labute approximate surface area is 254 Å². The van der Waals surface area contributed by atoms with Gasteiger partial charge in [0.2, 0.25) is 0 Å². The molecule has 3 heterocycles. The van der Waals surface area contributed by atoms with E-state index in [0.29, 0.717) is 0 Å². The van der Waals surface area contributed by atoms with Gasteiger partial charge in [0.1, 0.15) is 42.5 Å². The van der Waals surface area contributed by atoms with E-state index in [1.165, 1.54) is 81.4 Å². The number of halogens is 2. The Kier molecular flexibility index (Phi) is 8.53. The van der Waals surface area contributed by atoms with Crippen molar-refractivity contribution in [2.75, 3.05) is 20.1 Å². The average Bonchev–Trinajstić information content (AvgIpc) is 3.70. The molecule has 44 heavy (non-hydrogen) atoms. The van der Waals surface area contributed by atoms with Crippen LogP contribution in [0.3, 0.4) is 0 Å². The topological polar surface area (TPSA) is 84.9 Å². The Balaban J connectivity index is 0.000000156. The van der Waals surface area contributed by atoms with Gasteiger partial charge in [-0.25, -0.2) is 28.1 Å². The Bertz CT molecular complexity index is 1680. The predicted molar refractivity (Wildman–Crippen MR) is 165 cm³/mol. The summed E-state index contributed by atoms with van der Waals surface area (Å²) in [5.41, 5.74) is 6.79. The fourth-order valence-corrected chi connectivity index (χ4v) is 5.84. The molecule has 10 heteroatoms. The van der Waals surface area contributed by atoms with Gasteiger partial charge in [0.05, 0.1) is 13.1 Å². The number of hydrogen-bond acceptors (Lipinski definition) is 6. The number of fused-ring (bicyclic) bond motifs is 2. The Morgan fingerprint density at radius 3 is 1.82 bits per heavy atom. The molecular weight excluding hydrogens is 560 g/mol. The first-order chi connectivity index (χ1) is 21.4. The highest BCUT2D eigenvalue weighted by Crippen LogP contribution is 2.38. The van der Waals surface area contributed by atoms with E-state index < -0.39 is 17.2 Å². The van der Waals surface area contributed by atoms with Crippen molar-refractivity contribution in [3.05, 3.63) is 137 Å². The lowest BCUT2D eigenvalue weighted by Crippen LogP contribution is -2.37. The first-order valence-electron chi connectivity index (χ1n) is 14.5. The van der Waals surface area contributed by atoms with Gasteiger partial charge in [-0.1, -0.05) is 72.3 Å². The number of likely N-dealkylation sites (tertiary alicyclic amines) is 1. The smallest absolute Gasteiger partial charge is 0.137 e. The zero-order valence-corrected chi connectivity index (χ0v) is 24.4. The third-order valence-electron chi connectivity index (χ3n) is 8.06. The Hall–Kier alpha value is -4.80. The van der Waals surface area contributed by atoms with Crippen LogP contribution in [0.4, 0.5) is 8.78 Å². The van der Waals surface area contributed by atoms with Crippen LogP contribution in [0.2, 0.25) is 0 Å². The van der Waals surface area contributed by atoms with Gasteiger partial charge in [-0.3, -0.25) is 0 Å². The third-order valence-corrected chi connectivity index (χ3v) is 8.06. The minimum atomic E-state index is -1.70. The maximum absolute atomic E-state index is 14.1. The molecule has 224 valence electrons. The zero-order chi connectivity index (χ0) is 30.5. The van der Waals surface area contributed by atoms with E-state index in [2.05, 4.69) is 92.8 Å². The van der Waals surface area contributed by atoms with E-state index in [4.69, 9.17) is 0 Å². The van der Waals surface area contributed by atoms with Crippen molar-refractivity contribution in [3.63, 3.8) is 0 Å². The molecule has 1 aliphatic carbocycles. The van der Waals surface area contributed by atoms with Crippen LogP contribution >= 0.6 is 0 Å². The summed E-state index contributed by atoms with van der Waals surface area (Å²) in [6.07, 6.45) is 12.3. The van der Waals surface area contributed by atoms with Gasteiger partial charge in [-0.2, -0.15) is 10.2 Å². The fraction of sp³-hybridized carbons (Fsp3) is 0.235. The molecule has 8 nitrogen and oxygen atoms in total. The number of benzene rings is 3. The summed E-state index contributed by atoms with van der Waals surface area (Å²) in [6.45, 7) is 2.18. The van der Waals surface area contributed by atoms with Crippen LogP contribution in [0.5, 0.6) is 0 Å². The monoisotopic (exact) mass is 593 g/mol. The standard InChI is InChI=1S/C21H21N.C13H12F2N6O/c1-22-14-12-18(13-15-22)21-19-8-4-2-6-16(19)10-11-17-7-3-5-9-20(17)21;14-10-1-2-11(12(15)3-10)13(22,4-20-8-16-6-18-20)5-21-9-17-7-19-21/h2-11H,12-15H2,1H3;1-3,6-9,22H,4-5H2. The third kappa shape index (κ3) is 6.41. The highest BCUT2D eigenvalue weighted by molar-refractivity contribution is 5.94. The highest BCUT2D eigenvalue weighted by Gasteiger charge is 2.34. The molecule has 2 aromatic heterocycles. The molecule has 1 aliphatic heterocycles. The van der Waals surface area contributed by atoms with Crippen molar-refractivity contribution >= 4 is 17.7 Å². The van der Waals surface area contributed by atoms with Gasteiger partial charge in [-0.15, -0.1) is 0 Å². The van der Waals surface area contributed by atoms with Crippen molar-refractivity contribution in [3.8, 4) is 0 Å². The summed E-state index contributed by atoms with van der Waals surface area (Å²) >= 11 is 0. The number of aromatic nitrogens is 6. The second-order valence-electron chi connectivity index (χ2n) is 11.1. The Morgan fingerprint density at radius 1 is 0.773 bits per heavy atom. The van der Waals surface area contributed by atoms with Crippen molar-refractivity contribution in [1.82, 2.24) is 34.4 Å². The second kappa shape index (κ2) is 12.8. The van der Waals surface area contributed by atoms with Crippen LogP contribution in [-0.4, -0.2) is 59.7 Å². The van der Waals surface area contributed by atoms with Gasteiger partial charge < -0.3 is 10.0 Å². The van der Waals surface area contributed by atoms with Gasteiger partial charge >= 0.3 is 0 Å². The maximum atomic E-state index is 14.1. The van der Waals surface area contributed by atoms with Crippen LogP contribution in [0.1, 0.15) is 40.7 Å². The zero-order valence-electron chi connectivity index (χ0n) is 24.4. The van der Waals surface area contributed by atoms with Crippen LogP contribution in [0.25, 0.3) is 17.7 Å². The molecule has 2 aliphatic rings. The summed E-state index contributed by atoms with van der Waals surface area (Å²) in [4.78, 5) is 10.00. The molecule has 7 rings (SSSR count). The number of aliphatic hydroxyl groups is 1. The molecule has 0 unspecified atom stereocenters. The number of piperidine rings is 1. The molecule has 1 N–H and O–H groups in total. The summed E-state index contributed by atoms with van der Waals surface area (Å²) in [5.74, 6) is -1.56. The quantitative estimate of drug-likeness (QED) is 0.287. The first-order valence-corrected chi connectivity index (χ1v) is 14.5. The van der Waals surface area contributed by atoms with E-state index in [1.54, 1.807) is 5.57 Å². The lowest BCUT2D eigenvalue weighted by Gasteiger charge is -2.28. The number of rotatable bonds is 5. The van der Waals surface area contributed by atoms with E-state index in [9.17, 15) is 13.9 Å². The first kappa shape index (κ1) is 29.3. The molecule has 0 atom stereocenters. The van der Waals surface area contributed by atoms with Crippen LogP contribution in [-0.2, 0) is 18.7 Å². The normalized spacial score (nSPS) is 14.8. The van der Waals surface area contributed by atoms with Gasteiger partial charge in [0.15, 0.2) is 0 Å². The molecule has 1 saturated heterocycles.